The number of ketones is 2. The largest absolute Gasteiger partial charge is 0.300 e. The van der Waals surface area contributed by atoms with Gasteiger partial charge in [0.2, 0.25) is 0 Å². The Bertz CT molecular complexity index is 424. The van der Waals surface area contributed by atoms with Crippen LogP contribution in [0.1, 0.15) is 162 Å². The Balaban J connectivity index is 3.34. The molecule has 0 atom stereocenters. The highest BCUT2D eigenvalue weighted by Crippen LogP contribution is 2.13. The molecule has 31 heavy (non-hydrogen) atoms. The Morgan fingerprint density at radius 1 is 0.419 bits per heavy atom. The Hall–Kier alpha value is -0.920. The van der Waals surface area contributed by atoms with Gasteiger partial charge >= 0.3 is 0 Å². The minimum atomic E-state index is 0.401. The lowest BCUT2D eigenvalue weighted by atomic mass is 10.0. The molecule has 2 heteroatoms. The Morgan fingerprint density at radius 2 is 0.774 bits per heavy atom. The molecule has 0 aliphatic carbocycles. The van der Waals surface area contributed by atoms with Gasteiger partial charge in [0, 0.05) is 25.7 Å². The van der Waals surface area contributed by atoms with E-state index in [0.29, 0.717) is 18.0 Å². The Morgan fingerprint density at radius 3 is 1.26 bits per heavy atom. The van der Waals surface area contributed by atoms with Crippen molar-refractivity contribution in [3.8, 4) is 0 Å². The molecule has 0 fully saturated rings. The first kappa shape index (κ1) is 30.1. The number of rotatable bonds is 25. The standard InChI is InChI=1S/C29H54O2/c1-3-5-7-9-11-13-15-17-21-25-29(31)27-23-19-18-22-26-28(30)24-20-16-14-12-10-8-6-4-2/h15,17H,3-14,16,18-27H2,1-2H3/b17-15+. The molecule has 0 aromatic carbocycles. The van der Waals surface area contributed by atoms with Gasteiger partial charge < -0.3 is 0 Å². The minimum Gasteiger partial charge on any atom is -0.300 e. The Kier molecular flexibility index (Phi) is 24.6. The van der Waals surface area contributed by atoms with Crippen LogP contribution in [0, 0.1) is 0 Å². The van der Waals surface area contributed by atoms with E-state index in [-0.39, 0.29) is 0 Å². The van der Waals surface area contributed by atoms with Gasteiger partial charge in [-0.25, -0.2) is 0 Å². The maximum Gasteiger partial charge on any atom is 0.133 e. The fourth-order valence-electron chi connectivity index (χ4n) is 4.05. The molecule has 0 saturated carbocycles. The molecule has 0 radical (unpaired) electrons. The maximum absolute atomic E-state index is 12.0. The summed E-state index contributed by atoms with van der Waals surface area (Å²) in [6.45, 7) is 4.50. The van der Waals surface area contributed by atoms with Crippen molar-refractivity contribution in [1.29, 1.82) is 0 Å². The third-order valence-corrected chi connectivity index (χ3v) is 6.20. The first-order chi connectivity index (χ1) is 15.2. The van der Waals surface area contributed by atoms with Crippen LogP contribution in [0.4, 0.5) is 0 Å². The molecule has 0 aromatic heterocycles. The molecule has 0 spiro atoms. The summed E-state index contributed by atoms with van der Waals surface area (Å²) in [6, 6.07) is 0. The molecule has 0 bridgehead atoms. The summed E-state index contributed by atoms with van der Waals surface area (Å²) >= 11 is 0. The molecule has 0 saturated heterocycles. The van der Waals surface area contributed by atoms with Gasteiger partial charge in [0.15, 0.2) is 0 Å². The first-order valence-electron chi connectivity index (χ1n) is 13.9. The smallest absolute Gasteiger partial charge is 0.133 e. The van der Waals surface area contributed by atoms with Crippen LogP contribution >= 0.6 is 0 Å². The second-order valence-corrected chi connectivity index (χ2v) is 9.43. The van der Waals surface area contributed by atoms with Crippen LogP contribution in [0.25, 0.3) is 0 Å². The van der Waals surface area contributed by atoms with Crippen molar-refractivity contribution >= 4 is 11.6 Å². The van der Waals surface area contributed by atoms with Crippen LogP contribution in [0.5, 0.6) is 0 Å². The third-order valence-electron chi connectivity index (χ3n) is 6.20. The van der Waals surface area contributed by atoms with Gasteiger partial charge in [0.05, 0.1) is 0 Å². The highest BCUT2D eigenvalue weighted by atomic mass is 16.1. The molecule has 0 aliphatic rings. The summed E-state index contributed by atoms with van der Waals surface area (Å²) in [5.74, 6) is 0.845. The van der Waals surface area contributed by atoms with Crippen molar-refractivity contribution < 1.29 is 9.59 Å². The van der Waals surface area contributed by atoms with Crippen molar-refractivity contribution in [2.75, 3.05) is 0 Å². The molecule has 0 aromatic rings. The first-order valence-corrected chi connectivity index (χ1v) is 13.9. The van der Waals surface area contributed by atoms with Crippen molar-refractivity contribution in [1.82, 2.24) is 0 Å². The summed E-state index contributed by atoms with van der Waals surface area (Å²) in [7, 11) is 0. The van der Waals surface area contributed by atoms with Gasteiger partial charge in [-0.15, -0.1) is 0 Å². The van der Waals surface area contributed by atoms with Gasteiger partial charge in [0.25, 0.3) is 0 Å². The summed E-state index contributed by atoms with van der Waals surface area (Å²) in [4.78, 5) is 23.9. The van der Waals surface area contributed by atoms with E-state index >= 15 is 0 Å². The fraction of sp³-hybridized carbons (Fsp3) is 0.862. The number of hydrogen-bond donors (Lipinski definition) is 0. The zero-order valence-electron chi connectivity index (χ0n) is 21.2. The van der Waals surface area contributed by atoms with E-state index in [2.05, 4.69) is 26.0 Å². The second-order valence-electron chi connectivity index (χ2n) is 9.43. The van der Waals surface area contributed by atoms with Crippen LogP contribution in [0.15, 0.2) is 12.2 Å². The van der Waals surface area contributed by atoms with Gasteiger partial charge in [0.1, 0.15) is 11.6 Å². The molecular weight excluding hydrogens is 380 g/mol. The number of carbonyl (C=O) groups is 2. The summed E-state index contributed by atoms with van der Waals surface area (Å²) in [5.41, 5.74) is 0. The average molecular weight is 435 g/mol. The maximum atomic E-state index is 12.0. The van der Waals surface area contributed by atoms with E-state index in [0.717, 1.165) is 64.2 Å². The SMILES string of the molecule is CCCCCCC/C=C/CCC(=O)CCCCCCC(=O)CCCCCCCCCC. The molecule has 0 amide bonds. The summed E-state index contributed by atoms with van der Waals surface area (Å²) in [6.07, 6.45) is 30.6. The Labute approximate surface area is 195 Å². The van der Waals surface area contributed by atoms with E-state index in [1.165, 1.54) is 77.0 Å². The topological polar surface area (TPSA) is 34.1 Å². The fourth-order valence-corrected chi connectivity index (χ4v) is 4.05. The van der Waals surface area contributed by atoms with E-state index in [9.17, 15) is 9.59 Å². The minimum absolute atomic E-state index is 0.401. The van der Waals surface area contributed by atoms with E-state index in [1.807, 2.05) is 0 Å². The molecule has 0 heterocycles. The van der Waals surface area contributed by atoms with Gasteiger partial charge in [-0.3, -0.25) is 9.59 Å². The summed E-state index contributed by atoms with van der Waals surface area (Å²) < 4.78 is 0. The summed E-state index contributed by atoms with van der Waals surface area (Å²) in [5, 5.41) is 0. The molecule has 0 unspecified atom stereocenters. The lowest BCUT2D eigenvalue weighted by molar-refractivity contribution is -0.120. The quantitative estimate of drug-likeness (QED) is 0.106. The van der Waals surface area contributed by atoms with Crippen LogP contribution in [-0.4, -0.2) is 11.6 Å². The van der Waals surface area contributed by atoms with Crippen LogP contribution in [-0.2, 0) is 9.59 Å². The average Bonchev–Trinajstić information content (AvgIpc) is 2.76. The highest BCUT2D eigenvalue weighted by Gasteiger charge is 2.03. The van der Waals surface area contributed by atoms with Crippen LogP contribution < -0.4 is 0 Å². The monoisotopic (exact) mass is 434 g/mol. The number of hydrogen-bond acceptors (Lipinski definition) is 2. The van der Waals surface area contributed by atoms with E-state index in [4.69, 9.17) is 0 Å². The highest BCUT2D eigenvalue weighted by molar-refractivity contribution is 5.78. The zero-order chi connectivity index (χ0) is 22.8. The molecule has 0 rings (SSSR count). The number of unbranched alkanes of at least 4 members (excludes halogenated alkanes) is 15. The van der Waals surface area contributed by atoms with E-state index < -0.39 is 0 Å². The zero-order valence-corrected chi connectivity index (χ0v) is 21.2. The van der Waals surface area contributed by atoms with Gasteiger partial charge in [-0.2, -0.15) is 0 Å². The lowest BCUT2D eigenvalue weighted by Crippen LogP contribution is -1.99. The van der Waals surface area contributed by atoms with Crippen molar-refractivity contribution in [3.05, 3.63) is 12.2 Å². The van der Waals surface area contributed by atoms with Crippen molar-refractivity contribution in [3.63, 3.8) is 0 Å². The van der Waals surface area contributed by atoms with E-state index in [1.54, 1.807) is 0 Å². The molecule has 182 valence electrons. The number of carbonyl (C=O) groups excluding carboxylic acids is 2. The predicted octanol–water partition coefficient (Wildman–Crippen LogP) is 9.69. The van der Waals surface area contributed by atoms with Crippen molar-refractivity contribution in [2.24, 2.45) is 0 Å². The van der Waals surface area contributed by atoms with Crippen molar-refractivity contribution in [2.45, 2.75) is 162 Å². The predicted molar refractivity (Wildman–Crippen MR) is 137 cm³/mol. The normalized spacial score (nSPS) is 11.4. The van der Waals surface area contributed by atoms with Crippen LogP contribution in [0.3, 0.4) is 0 Å². The molecular formula is C29H54O2. The molecule has 2 nitrogen and oxygen atoms in total. The number of Topliss-reactive ketones (excluding diaryl/α,β-unsaturated/α-hetero) is 2. The molecule has 0 N–H and O–H groups in total. The lowest BCUT2D eigenvalue weighted by Gasteiger charge is -2.03. The third kappa shape index (κ3) is 25.2. The second kappa shape index (κ2) is 25.3. The molecule has 0 aliphatic heterocycles. The van der Waals surface area contributed by atoms with Gasteiger partial charge in [-0.1, -0.05) is 109 Å². The number of allylic oxidation sites excluding steroid dienone is 2. The van der Waals surface area contributed by atoms with Gasteiger partial charge in [-0.05, 0) is 38.5 Å². The van der Waals surface area contributed by atoms with Crippen LogP contribution in [0.2, 0.25) is 0 Å².